The number of nitrogens with one attached hydrogen (secondary N) is 1. The van der Waals surface area contributed by atoms with Gasteiger partial charge in [-0.05, 0) is 46.5 Å². The van der Waals surface area contributed by atoms with Crippen molar-refractivity contribution in [2.24, 2.45) is 11.7 Å². The summed E-state index contributed by atoms with van der Waals surface area (Å²) in [6, 6.07) is 5.65. The SMILES string of the molecule is Cc1ccc(C(=O)NCC(N)C(C)C)c(Br)c1. The minimum atomic E-state index is -0.0898. The van der Waals surface area contributed by atoms with Crippen molar-refractivity contribution in [3.63, 3.8) is 0 Å². The first kappa shape index (κ1) is 14.2. The van der Waals surface area contributed by atoms with E-state index < -0.39 is 0 Å². The zero-order valence-electron chi connectivity index (χ0n) is 10.5. The Labute approximate surface area is 111 Å². The smallest absolute Gasteiger partial charge is 0.252 e. The fraction of sp³-hybridized carbons (Fsp3) is 0.462. The van der Waals surface area contributed by atoms with Gasteiger partial charge in [0.2, 0.25) is 0 Å². The molecule has 4 heteroatoms. The third kappa shape index (κ3) is 4.13. The summed E-state index contributed by atoms with van der Waals surface area (Å²) in [6.45, 7) is 6.56. The highest BCUT2D eigenvalue weighted by atomic mass is 79.9. The van der Waals surface area contributed by atoms with E-state index in [4.69, 9.17) is 5.73 Å². The highest BCUT2D eigenvalue weighted by Gasteiger charge is 2.12. The quantitative estimate of drug-likeness (QED) is 0.897. The molecule has 94 valence electrons. The van der Waals surface area contributed by atoms with Gasteiger partial charge in [-0.3, -0.25) is 4.79 Å². The number of carbonyl (C=O) groups excluding carboxylic acids is 1. The second kappa shape index (κ2) is 6.17. The minimum Gasteiger partial charge on any atom is -0.350 e. The summed E-state index contributed by atoms with van der Waals surface area (Å²) in [5.74, 6) is 0.268. The maximum Gasteiger partial charge on any atom is 0.252 e. The molecule has 1 aromatic rings. The second-order valence-corrected chi connectivity index (χ2v) is 5.46. The van der Waals surface area contributed by atoms with Gasteiger partial charge < -0.3 is 11.1 Å². The molecule has 1 rings (SSSR count). The van der Waals surface area contributed by atoms with E-state index in [1.54, 1.807) is 0 Å². The van der Waals surface area contributed by atoms with Crippen molar-refractivity contribution < 1.29 is 4.79 Å². The predicted octanol–water partition coefficient (Wildman–Crippen LogP) is 2.47. The van der Waals surface area contributed by atoms with E-state index in [-0.39, 0.29) is 11.9 Å². The van der Waals surface area contributed by atoms with Crippen LogP contribution < -0.4 is 11.1 Å². The molecule has 0 saturated carbocycles. The van der Waals surface area contributed by atoms with Crippen molar-refractivity contribution in [1.29, 1.82) is 0 Å². The Morgan fingerprint density at radius 3 is 2.65 bits per heavy atom. The van der Waals surface area contributed by atoms with Gasteiger partial charge in [-0.25, -0.2) is 0 Å². The number of amides is 1. The Morgan fingerprint density at radius 2 is 2.12 bits per heavy atom. The fourth-order valence-corrected chi connectivity index (χ4v) is 2.02. The standard InChI is InChI=1S/C13H19BrN2O/c1-8(2)12(15)7-16-13(17)10-5-4-9(3)6-11(10)14/h4-6,8,12H,7,15H2,1-3H3,(H,16,17). The lowest BCUT2D eigenvalue weighted by Gasteiger charge is -2.16. The molecule has 1 aromatic carbocycles. The normalized spacial score (nSPS) is 12.6. The van der Waals surface area contributed by atoms with E-state index >= 15 is 0 Å². The molecule has 3 nitrogen and oxygen atoms in total. The molecular formula is C13H19BrN2O. The van der Waals surface area contributed by atoms with Crippen LogP contribution in [-0.2, 0) is 0 Å². The van der Waals surface area contributed by atoms with Crippen LogP contribution in [0.15, 0.2) is 22.7 Å². The Bertz CT molecular complexity index is 404. The van der Waals surface area contributed by atoms with Crippen molar-refractivity contribution in [3.05, 3.63) is 33.8 Å². The van der Waals surface area contributed by atoms with E-state index in [0.717, 1.165) is 10.0 Å². The first-order chi connectivity index (χ1) is 7.91. The monoisotopic (exact) mass is 298 g/mol. The number of aryl methyl sites for hydroxylation is 1. The Balaban J connectivity index is 2.64. The van der Waals surface area contributed by atoms with Crippen LogP contribution in [0.25, 0.3) is 0 Å². The molecule has 0 aliphatic rings. The van der Waals surface area contributed by atoms with E-state index in [2.05, 4.69) is 21.2 Å². The van der Waals surface area contributed by atoms with E-state index in [0.29, 0.717) is 18.0 Å². The largest absolute Gasteiger partial charge is 0.350 e. The molecule has 17 heavy (non-hydrogen) atoms. The zero-order chi connectivity index (χ0) is 13.0. The van der Waals surface area contributed by atoms with Crippen LogP contribution in [0.2, 0.25) is 0 Å². The molecule has 0 aliphatic heterocycles. The van der Waals surface area contributed by atoms with Gasteiger partial charge in [0.15, 0.2) is 0 Å². The third-order valence-corrected chi connectivity index (χ3v) is 3.38. The van der Waals surface area contributed by atoms with Gasteiger partial charge in [-0.15, -0.1) is 0 Å². The molecule has 0 heterocycles. The van der Waals surface area contributed by atoms with E-state index in [1.165, 1.54) is 0 Å². The topological polar surface area (TPSA) is 55.1 Å². The van der Waals surface area contributed by atoms with Gasteiger partial charge in [-0.1, -0.05) is 19.9 Å². The number of benzene rings is 1. The van der Waals surface area contributed by atoms with Crippen LogP contribution in [0, 0.1) is 12.8 Å². The number of rotatable bonds is 4. The Hall–Kier alpha value is -0.870. The van der Waals surface area contributed by atoms with Crippen molar-refractivity contribution in [2.75, 3.05) is 6.54 Å². The van der Waals surface area contributed by atoms with Gasteiger partial charge in [0.1, 0.15) is 0 Å². The Kier molecular flexibility index (Phi) is 5.15. The lowest BCUT2D eigenvalue weighted by molar-refractivity contribution is 0.0948. The zero-order valence-corrected chi connectivity index (χ0v) is 12.0. The summed E-state index contributed by atoms with van der Waals surface area (Å²) in [6.07, 6.45) is 0. The van der Waals surface area contributed by atoms with E-state index in [1.807, 2.05) is 39.0 Å². The summed E-state index contributed by atoms with van der Waals surface area (Å²) < 4.78 is 0.813. The number of halogens is 1. The summed E-state index contributed by atoms with van der Waals surface area (Å²) in [5, 5.41) is 2.85. The molecule has 0 aromatic heterocycles. The number of hydrogen-bond acceptors (Lipinski definition) is 2. The van der Waals surface area contributed by atoms with Crippen LogP contribution in [0.3, 0.4) is 0 Å². The molecule has 0 aliphatic carbocycles. The first-order valence-corrected chi connectivity index (χ1v) is 6.51. The molecule has 0 saturated heterocycles. The van der Waals surface area contributed by atoms with Gasteiger partial charge >= 0.3 is 0 Å². The minimum absolute atomic E-state index is 0.0110. The van der Waals surface area contributed by atoms with Crippen LogP contribution in [0.1, 0.15) is 29.8 Å². The maximum absolute atomic E-state index is 11.9. The average Bonchev–Trinajstić information content (AvgIpc) is 2.25. The summed E-state index contributed by atoms with van der Waals surface area (Å²) >= 11 is 3.39. The first-order valence-electron chi connectivity index (χ1n) is 5.71. The summed E-state index contributed by atoms with van der Waals surface area (Å²) in [5.41, 5.74) is 7.64. The molecule has 0 radical (unpaired) electrons. The number of nitrogens with two attached hydrogens (primary N) is 1. The lowest BCUT2D eigenvalue weighted by Crippen LogP contribution is -2.40. The summed E-state index contributed by atoms with van der Waals surface area (Å²) in [7, 11) is 0. The molecule has 1 unspecified atom stereocenters. The van der Waals surface area contributed by atoms with Crippen molar-refractivity contribution >= 4 is 21.8 Å². The van der Waals surface area contributed by atoms with Crippen LogP contribution in [0.5, 0.6) is 0 Å². The lowest BCUT2D eigenvalue weighted by atomic mass is 10.1. The molecule has 0 fully saturated rings. The van der Waals surface area contributed by atoms with Crippen LogP contribution in [0.4, 0.5) is 0 Å². The maximum atomic E-state index is 11.9. The highest BCUT2D eigenvalue weighted by Crippen LogP contribution is 2.18. The second-order valence-electron chi connectivity index (χ2n) is 4.60. The molecule has 1 amide bonds. The van der Waals surface area contributed by atoms with Crippen molar-refractivity contribution in [3.8, 4) is 0 Å². The highest BCUT2D eigenvalue weighted by molar-refractivity contribution is 9.10. The van der Waals surface area contributed by atoms with Crippen LogP contribution in [-0.4, -0.2) is 18.5 Å². The number of hydrogen-bond donors (Lipinski definition) is 2. The van der Waals surface area contributed by atoms with Crippen molar-refractivity contribution in [2.45, 2.75) is 26.8 Å². The van der Waals surface area contributed by atoms with Gasteiger partial charge in [0.25, 0.3) is 5.91 Å². The molecule has 0 bridgehead atoms. The average molecular weight is 299 g/mol. The molecule has 3 N–H and O–H groups in total. The number of carbonyl (C=O) groups is 1. The predicted molar refractivity (Wildman–Crippen MR) is 74.0 cm³/mol. The van der Waals surface area contributed by atoms with Gasteiger partial charge in [0.05, 0.1) is 5.56 Å². The summed E-state index contributed by atoms with van der Waals surface area (Å²) in [4.78, 5) is 11.9. The van der Waals surface area contributed by atoms with Crippen molar-refractivity contribution in [1.82, 2.24) is 5.32 Å². The van der Waals surface area contributed by atoms with E-state index in [9.17, 15) is 4.79 Å². The van der Waals surface area contributed by atoms with Gasteiger partial charge in [0, 0.05) is 17.1 Å². The third-order valence-electron chi connectivity index (χ3n) is 2.72. The van der Waals surface area contributed by atoms with Gasteiger partial charge in [-0.2, -0.15) is 0 Å². The molecule has 1 atom stereocenters. The fourth-order valence-electron chi connectivity index (χ4n) is 1.35. The van der Waals surface area contributed by atoms with Crippen LogP contribution >= 0.6 is 15.9 Å². The Morgan fingerprint density at radius 1 is 1.47 bits per heavy atom. The molecular weight excluding hydrogens is 280 g/mol. The molecule has 0 spiro atoms.